The van der Waals surface area contributed by atoms with E-state index in [1.54, 1.807) is 34.6 Å². The lowest BCUT2D eigenvalue weighted by Crippen LogP contribution is -2.54. The molecule has 0 aromatic carbocycles. The molecule has 0 aliphatic rings. The summed E-state index contributed by atoms with van der Waals surface area (Å²) in [7, 11) is 0. The van der Waals surface area contributed by atoms with Crippen molar-refractivity contribution in [1.82, 2.24) is 26.6 Å². The molecular formula is C107H181N5O20. The van der Waals surface area contributed by atoms with Gasteiger partial charge in [0.1, 0.15) is 28.9 Å². The van der Waals surface area contributed by atoms with Crippen molar-refractivity contribution in [2.75, 3.05) is 65.8 Å². The number of rotatable bonds is 89. The van der Waals surface area contributed by atoms with E-state index in [1.165, 1.54) is 0 Å². The van der Waals surface area contributed by atoms with Crippen LogP contribution in [0.2, 0.25) is 0 Å². The van der Waals surface area contributed by atoms with E-state index < -0.39 is 56.9 Å². The third kappa shape index (κ3) is 62.3. The maximum Gasteiger partial charge on any atom is 0.333 e. The van der Waals surface area contributed by atoms with Gasteiger partial charge >= 0.3 is 29.8 Å². The molecule has 0 aliphatic carbocycles. The van der Waals surface area contributed by atoms with Gasteiger partial charge in [-0.2, -0.15) is 0 Å². The van der Waals surface area contributed by atoms with Crippen molar-refractivity contribution in [3.05, 3.63) is 60.8 Å². The molecule has 0 spiro atoms. The Morgan fingerprint density at radius 2 is 0.356 bits per heavy atom. The van der Waals surface area contributed by atoms with Crippen molar-refractivity contribution in [2.45, 2.75) is 436 Å². The van der Waals surface area contributed by atoms with Gasteiger partial charge in [-0.1, -0.05) is 242 Å². The highest BCUT2D eigenvalue weighted by molar-refractivity contribution is 5.92. The number of ketones is 5. The van der Waals surface area contributed by atoms with Crippen molar-refractivity contribution >= 4 is 88.3 Å². The van der Waals surface area contributed by atoms with E-state index in [2.05, 4.69) is 59.5 Å². The number of hydrogen-bond acceptors (Lipinski definition) is 20. The fourth-order valence-corrected chi connectivity index (χ4v) is 16.8. The summed E-state index contributed by atoms with van der Waals surface area (Å²) in [5.74, 6) is -3.05. The van der Waals surface area contributed by atoms with E-state index in [0.717, 1.165) is 205 Å². The van der Waals surface area contributed by atoms with Gasteiger partial charge in [-0.3, -0.25) is 47.9 Å². The quantitative estimate of drug-likeness (QED) is 0.0163. The summed E-state index contributed by atoms with van der Waals surface area (Å²) >= 11 is 0. The summed E-state index contributed by atoms with van der Waals surface area (Å²) in [5, 5.41) is 16.3. The van der Waals surface area contributed by atoms with Gasteiger partial charge in [0.05, 0.1) is 33.0 Å². The van der Waals surface area contributed by atoms with Crippen LogP contribution in [0.1, 0.15) is 436 Å². The predicted octanol–water partition coefficient (Wildman–Crippen LogP) is 21.5. The number of Topliss-reactive ketones (excluding diaryl/α,β-unsaturated/α-hetero) is 5. The molecule has 0 heterocycles. The second kappa shape index (κ2) is 74.1. The van der Waals surface area contributed by atoms with E-state index in [9.17, 15) is 57.5 Å². The van der Waals surface area contributed by atoms with E-state index in [-0.39, 0.29) is 117 Å². The average Bonchev–Trinajstić information content (AvgIpc) is 0.769. The van der Waals surface area contributed by atoms with Crippen LogP contribution in [0.4, 0.5) is 0 Å². The SMILES string of the molecule is C=C(C)C(=O)OCCCC(=O)CCCCCCCCCNC(=O)C(C)(C)CC(C)(CC(C)(CC(C)(CC(C)(CC)C(=O)NCCCCCCCCCC(=O)CCCOC(=O)C(=C)C)C(=O)NCCCCCCCCCC(=O)CCCOC(=O)C(=C)C)C(=O)NCCCCCCCCCC(=O)CCCOC(=O)C(=C)C)C(=O)NCCCCCCCCCC(=O)CCCOC(=O)C(=C)C. The lowest BCUT2D eigenvalue weighted by atomic mass is 9.58. The van der Waals surface area contributed by atoms with Crippen molar-refractivity contribution in [1.29, 1.82) is 0 Å². The molecule has 5 N–H and O–H groups in total. The number of nitrogens with one attached hydrogen (secondary N) is 5. The number of hydrogen-bond donors (Lipinski definition) is 5. The lowest BCUT2D eigenvalue weighted by Gasteiger charge is -2.46. The number of ether oxygens (including phenoxy) is 5. The molecule has 0 bridgehead atoms. The Kier molecular flexibility index (Phi) is 69.4. The molecule has 25 heteroatoms. The molecule has 0 aliphatic heterocycles. The monoisotopic (exact) mass is 1860 g/mol. The van der Waals surface area contributed by atoms with Crippen LogP contribution in [0.25, 0.3) is 0 Å². The molecule has 5 amide bonds. The summed E-state index contributed by atoms with van der Waals surface area (Å²) in [5.41, 5.74) is -4.96. The molecule has 132 heavy (non-hydrogen) atoms. The molecule has 0 saturated carbocycles. The first-order chi connectivity index (χ1) is 62.6. The third-order valence-electron chi connectivity index (χ3n) is 24.8. The van der Waals surface area contributed by atoms with Crippen molar-refractivity contribution < 1.29 is 95.6 Å². The van der Waals surface area contributed by atoms with Crippen molar-refractivity contribution in [3.8, 4) is 0 Å². The minimum atomic E-state index is -1.48. The highest BCUT2D eigenvalue weighted by atomic mass is 16.5. The van der Waals surface area contributed by atoms with E-state index >= 15 is 14.4 Å². The first-order valence-corrected chi connectivity index (χ1v) is 50.7. The molecule has 4 atom stereocenters. The van der Waals surface area contributed by atoms with Crippen LogP contribution in [0.5, 0.6) is 0 Å². The molecule has 0 aromatic heterocycles. The second-order valence-corrected chi connectivity index (χ2v) is 39.4. The standard InChI is InChI=1S/C107H181N5O20/c1-18-104(14,99(124)109-70-50-40-30-20-25-35-45-60-89(114)65-55-75-129-94(119)84(4)5)80-106(16,101(126)111-72-52-42-32-22-27-37-47-62-91(116)67-57-77-131-96(121)86(8)9)82-107(17,102(127)112-73-53-43-33-23-28-38-48-63-92(117)68-58-78-132-97(122)87(10)11)81-105(15,100(125)110-71-51-41-31-21-26-36-46-61-90(115)66-56-76-130-95(120)85(6)7)79-103(12,13)98(123)108-69-49-39-29-19-24-34-44-59-88(113)64-54-74-128-93(118)83(2)3/h2,4,6,8,10,18-82H2,1,3,5,7,9,11-17H3,(H,108,123)(H,109,124)(H,110,125)(H,111,126)(H,112,127). The molecule has 0 saturated heterocycles. The van der Waals surface area contributed by atoms with Crippen molar-refractivity contribution in [2.24, 2.45) is 27.1 Å². The van der Waals surface area contributed by atoms with E-state index in [4.69, 9.17) is 23.7 Å². The summed E-state index contributed by atoms with van der Waals surface area (Å²) in [4.78, 5) is 199. The smallest absolute Gasteiger partial charge is 0.333 e. The Bertz CT molecular complexity index is 3540. The normalized spacial score (nSPS) is 13.1. The largest absolute Gasteiger partial charge is 0.462 e. The van der Waals surface area contributed by atoms with Crippen LogP contribution in [-0.2, 0) is 95.6 Å². The molecule has 0 rings (SSSR count). The Morgan fingerprint density at radius 3 is 0.545 bits per heavy atom. The van der Waals surface area contributed by atoms with Gasteiger partial charge in [0, 0.05) is 152 Å². The van der Waals surface area contributed by atoms with Crippen LogP contribution in [0.3, 0.4) is 0 Å². The van der Waals surface area contributed by atoms with Gasteiger partial charge in [-0.15, -0.1) is 0 Å². The van der Waals surface area contributed by atoms with Crippen molar-refractivity contribution in [3.63, 3.8) is 0 Å². The van der Waals surface area contributed by atoms with Crippen LogP contribution in [0, 0.1) is 27.1 Å². The number of unbranched alkanes of at least 4 members (excludes halogenated alkanes) is 30. The molecule has 0 radical (unpaired) electrons. The maximum absolute atomic E-state index is 15.9. The first kappa shape index (κ1) is 124. The number of carbonyl (C=O) groups excluding carboxylic acids is 15. The highest BCUT2D eigenvalue weighted by Gasteiger charge is 2.54. The van der Waals surface area contributed by atoms with E-state index in [1.807, 2.05) is 48.5 Å². The predicted molar refractivity (Wildman–Crippen MR) is 525 cm³/mol. The molecule has 4 unspecified atom stereocenters. The summed E-state index contributed by atoms with van der Waals surface area (Å²) in [6.45, 7) is 41.6. The highest BCUT2D eigenvalue weighted by Crippen LogP contribution is 2.51. The third-order valence-corrected chi connectivity index (χ3v) is 24.8. The number of carbonyl (C=O) groups is 15. The van der Waals surface area contributed by atoms with Crippen LogP contribution >= 0.6 is 0 Å². The minimum absolute atomic E-state index is 0.0319. The zero-order valence-electron chi connectivity index (χ0n) is 84.7. The molecule has 754 valence electrons. The Morgan fingerprint density at radius 1 is 0.205 bits per heavy atom. The minimum Gasteiger partial charge on any atom is -0.462 e. The Balaban J connectivity index is 7.33. The Labute approximate surface area is 796 Å². The first-order valence-electron chi connectivity index (χ1n) is 50.7. The van der Waals surface area contributed by atoms with Gasteiger partial charge in [0.25, 0.3) is 0 Å². The lowest BCUT2D eigenvalue weighted by molar-refractivity contribution is -0.147. The number of esters is 5. The van der Waals surface area contributed by atoms with Gasteiger partial charge in [-0.25, -0.2) is 24.0 Å². The summed E-state index contributed by atoms with van der Waals surface area (Å²) < 4.78 is 25.7. The van der Waals surface area contributed by atoms with Gasteiger partial charge in [-0.05, 0) is 163 Å². The Hall–Kier alpha value is -8.25. The van der Waals surface area contributed by atoms with Crippen LogP contribution < -0.4 is 26.6 Å². The zero-order chi connectivity index (χ0) is 99.1. The van der Waals surface area contributed by atoms with Gasteiger partial charge in [0.2, 0.25) is 29.5 Å². The zero-order valence-corrected chi connectivity index (χ0v) is 84.7. The fraction of sp³-hybridized carbons (Fsp3) is 0.766. The van der Waals surface area contributed by atoms with Gasteiger partial charge in [0.15, 0.2) is 0 Å². The molecule has 25 nitrogen and oxygen atoms in total. The molecule has 0 fully saturated rings. The fourth-order valence-electron chi connectivity index (χ4n) is 16.8. The molecular weight excluding hydrogens is 1680 g/mol. The average molecular weight is 1860 g/mol. The topological polar surface area (TPSA) is 362 Å². The molecule has 0 aromatic rings. The number of amides is 5. The van der Waals surface area contributed by atoms with Gasteiger partial charge < -0.3 is 50.3 Å². The van der Waals surface area contributed by atoms with E-state index in [0.29, 0.717) is 183 Å². The second-order valence-electron chi connectivity index (χ2n) is 39.4. The van der Waals surface area contributed by atoms with Crippen LogP contribution in [0.15, 0.2) is 60.8 Å². The van der Waals surface area contributed by atoms with Crippen LogP contribution in [-0.4, -0.2) is 154 Å². The maximum atomic E-state index is 15.9. The summed E-state index contributed by atoms with van der Waals surface area (Å²) in [6.07, 6.45) is 36.9. The summed E-state index contributed by atoms with van der Waals surface area (Å²) in [6, 6.07) is 0.